The maximum atomic E-state index is 14.0. The van der Waals surface area contributed by atoms with E-state index in [0.29, 0.717) is 32.0 Å². The fraction of sp³-hybridized carbons (Fsp3) is 0.500. The summed E-state index contributed by atoms with van der Waals surface area (Å²) in [5, 5.41) is 6.43. The summed E-state index contributed by atoms with van der Waals surface area (Å²) in [6.45, 7) is 1.36. The first-order valence-corrected chi connectivity index (χ1v) is 10.7. The number of likely N-dealkylation sites (tertiary alicyclic amines) is 1. The Hall–Kier alpha value is -2.81. The highest BCUT2D eigenvalue weighted by Crippen LogP contribution is 2.30. The molecule has 0 radical (unpaired) electrons. The van der Waals surface area contributed by atoms with Crippen LogP contribution >= 0.6 is 0 Å². The van der Waals surface area contributed by atoms with Crippen molar-refractivity contribution in [2.45, 2.75) is 56.5 Å². The number of primary amides is 1. The van der Waals surface area contributed by atoms with Crippen molar-refractivity contribution in [1.82, 2.24) is 15.4 Å². The first-order chi connectivity index (χ1) is 14.9. The van der Waals surface area contributed by atoms with Crippen molar-refractivity contribution in [3.63, 3.8) is 0 Å². The van der Waals surface area contributed by atoms with Gasteiger partial charge in [0.25, 0.3) is 5.91 Å². The summed E-state index contributed by atoms with van der Waals surface area (Å²) < 4.78 is 32.2. The van der Waals surface area contributed by atoms with E-state index in [1.165, 1.54) is 31.4 Å². The highest BCUT2D eigenvalue weighted by atomic mass is 19.1. The molecule has 2 heterocycles. The maximum absolute atomic E-state index is 14.0. The summed E-state index contributed by atoms with van der Waals surface area (Å²) >= 11 is 0. The summed E-state index contributed by atoms with van der Waals surface area (Å²) in [6.07, 6.45) is 6.88. The minimum Gasteiger partial charge on any atom is -0.368 e. The molecular formula is C22H26F2N4O3. The minimum absolute atomic E-state index is 0.0112. The Morgan fingerprint density at radius 3 is 2.48 bits per heavy atom. The maximum Gasteiger partial charge on any atom is 0.274 e. The summed E-state index contributed by atoms with van der Waals surface area (Å²) in [5.41, 5.74) is 4.40. The van der Waals surface area contributed by atoms with Crippen LogP contribution in [0.25, 0.3) is 11.3 Å². The fourth-order valence-corrected chi connectivity index (χ4v) is 4.63. The third-order valence-corrected chi connectivity index (χ3v) is 6.51. The molecule has 2 aromatic rings. The second-order valence-electron chi connectivity index (χ2n) is 8.43. The topological polar surface area (TPSA) is 101 Å². The number of halogens is 2. The second-order valence-corrected chi connectivity index (χ2v) is 8.43. The molecule has 2 fully saturated rings. The molecule has 0 atom stereocenters. The van der Waals surface area contributed by atoms with E-state index in [0.717, 1.165) is 25.0 Å². The van der Waals surface area contributed by atoms with Crippen LogP contribution in [0, 0.1) is 11.6 Å². The zero-order valence-corrected chi connectivity index (χ0v) is 17.2. The lowest BCUT2D eigenvalue weighted by molar-refractivity contribution is -0.126. The van der Waals surface area contributed by atoms with Crippen molar-refractivity contribution in [2.24, 2.45) is 5.73 Å². The molecule has 2 amide bonds. The minimum atomic E-state index is -1.16. The van der Waals surface area contributed by atoms with Crippen molar-refractivity contribution in [3.05, 3.63) is 41.6 Å². The average molecular weight is 432 g/mol. The Morgan fingerprint density at radius 2 is 1.84 bits per heavy atom. The number of carbonyl (C=O) groups excluding carboxylic acids is 2. The second kappa shape index (κ2) is 8.74. The van der Waals surface area contributed by atoms with E-state index in [-0.39, 0.29) is 17.0 Å². The van der Waals surface area contributed by atoms with Gasteiger partial charge in [-0.2, -0.15) is 0 Å². The number of amides is 2. The van der Waals surface area contributed by atoms with Crippen molar-refractivity contribution < 1.29 is 22.9 Å². The number of piperidine rings is 1. The highest BCUT2D eigenvalue weighted by molar-refractivity contribution is 5.98. The molecule has 0 spiro atoms. The number of nitrogens with one attached hydrogen (secondary N) is 1. The standard InChI is InChI=1S/C22H26F2N4O3/c23-14-6-7-16(17(24)12-14)19-13-18(27-31-19)20(29)26-22(21(25)30)8-10-28(11-9-22)15-4-2-1-3-5-15/h6-7,12-13,15H,1-5,8-11H2,(H2,25,30)(H,26,29). The molecule has 7 nitrogen and oxygen atoms in total. The van der Waals surface area contributed by atoms with E-state index in [1.807, 2.05) is 0 Å². The third-order valence-electron chi connectivity index (χ3n) is 6.51. The fourth-order valence-electron chi connectivity index (χ4n) is 4.63. The number of rotatable bonds is 5. The van der Waals surface area contributed by atoms with Gasteiger partial charge in [-0.1, -0.05) is 24.4 Å². The quantitative estimate of drug-likeness (QED) is 0.756. The molecule has 1 aliphatic carbocycles. The Labute approximate surface area is 178 Å². The van der Waals surface area contributed by atoms with Crippen molar-refractivity contribution >= 4 is 11.8 Å². The molecule has 0 unspecified atom stereocenters. The van der Waals surface area contributed by atoms with E-state index < -0.39 is 29.0 Å². The number of carbonyl (C=O) groups is 2. The van der Waals surface area contributed by atoms with Gasteiger partial charge in [-0.05, 0) is 37.8 Å². The number of aromatic nitrogens is 1. The SMILES string of the molecule is NC(=O)C1(NC(=O)c2cc(-c3ccc(F)cc3F)on2)CCN(C2CCCCC2)CC1. The summed E-state index contributed by atoms with van der Waals surface area (Å²) in [4.78, 5) is 27.5. The lowest BCUT2D eigenvalue weighted by Crippen LogP contribution is -2.63. The Balaban J connectivity index is 1.45. The molecule has 1 aromatic heterocycles. The number of nitrogens with zero attached hydrogens (tertiary/aromatic N) is 2. The van der Waals surface area contributed by atoms with Crippen LogP contribution in [0.2, 0.25) is 0 Å². The van der Waals surface area contributed by atoms with E-state index in [9.17, 15) is 18.4 Å². The monoisotopic (exact) mass is 432 g/mol. The molecule has 3 N–H and O–H groups in total. The third kappa shape index (κ3) is 4.46. The first-order valence-electron chi connectivity index (χ1n) is 10.7. The first kappa shape index (κ1) is 21.4. The molecule has 1 saturated carbocycles. The lowest BCUT2D eigenvalue weighted by atomic mass is 9.84. The summed E-state index contributed by atoms with van der Waals surface area (Å²) in [6, 6.07) is 4.80. The van der Waals surface area contributed by atoms with Gasteiger partial charge in [0.05, 0.1) is 5.56 Å². The van der Waals surface area contributed by atoms with Crippen molar-refractivity contribution in [3.8, 4) is 11.3 Å². The molecular weight excluding hydrogens is 406 g/mol. The largest absolute Gasteiger partial charge is 0.368 e. The Bertz CT molecular complexity index is 963. The molecule has 2 aliphatic rings. The van der Waals surface area contributed by atoms with Gasteiger partial charge < -0.3 is 20.5 Å². The van der Waals surface area contributed by atoms with Crippen LogP contribution in [0.4, 0.5) is 8.78 Å². The van der Waals surface area contributed by atoms with Gasteiger partial charge >= 0.3 is 0 Å². The normalized spacial score (nSPS) is 19.8. The highest BCUT2D eigenvalue weighted by Gasteiger charge is 2.43. The van der Waals surface area contributed by atoms with Gasteiger partial charge in [0.2, 0.25) is 5.91 Å². The number of benzene rings is 1. The van der Waals surface area contributed by atoms with Gasteiger partial charge in [0.1, 0.15) is 17.2 Å². The average Bonchev–Trinajstić information content (AvgIpc) is 3.25. The van der Waals surface area contributed by atoms with Crippen LogP contribution in [0.15, 0.2) is 28.8 Å². The predicted octanol–water partition coefficient (Wildman–Crippen LogP) is 3.00. The molecule has 4 rings (SSSR count). The molecule has 0 bridgehead atoms. The molecule has 1 aromatic carbocycles. The van der Waals surface area contributed by atoms with Gasteiger partial charge in [-0.3, -0.25) is 9.59 Å². The van der Waals surface area contributed by atoms with Crippen LogP contribution in [0.5, 0.6) is 0 Å². The zero-order valence-electron chi connectivity index (χ0n) is 17.2. The molecule has 31 heavy (non-hydrogen) atoms. The molecule has 9 heteroatoms. The van der Waals surface area contributed by atoms with E-state index in [4.69, 9.17) is 10.3 Å². The lowest BCUT2D eigenvalue weighted by Gasteiger charge is -2.44. The Morgan fingerprint density at radius 1 is 1.13 bits per heavy atom. The van der Waals surface area contributed by atoms with E-state index >= 15 is 0 Å². The number of hydrogen-bond acceptors (Lipinski definition) is 5. The number of hydrogen-bond donors (Lipinski definition) is 2. The van der Waals surface area contributed by atoms with Crippen molar-refractivity contribution in [1.29, 1.82) is 0 Å². The van der Waals surface area contributed by atoms with E-state index in [2.05, 4.69) is 15.4 Å². The van der Waals surface area contributed by atoms with Gasteiger partial charge in [-0.25, -0.2) is 8.78 Å². The van der Waals surface area contributed by atoms with Crippen LogP contribution in [0.3, 0.4) is 0 Å². The molecule has 166 valence electrons. The van der Waals surface area contributed by atoms with Crippen LogP contribution in [-0.4, -0.2) is 46.5 Å². The van der Waals surface area contributed by atoms with Crippen molar-refractivity contribution in [2.75, 3.05) is 13.1 Å². The smallest absolute Gasteiger partial charge is 0.274 e. The van der Waals surface area contributed by atoms with Crippen LogP contribution in [0.1, 0.15) is 55.4 Å². The predicted molar refractivity (Wildman–Crippen MR) is 109 cm³/mol. The molecule has 1 aliphatic heterocycles. The van der Waals surface area contributed by atoms with Gasteiger partial charge in [-0.15, -0.1) is 0 Å². The Kier molecular flexibility index (Phi) is 6.04. The van der Waals surface area contributed by atoms with Crippen LogP contribution in [-0.2, 0) is 4.79 Å². The van der Waals surface area contributed by atoms with Crippen LogP contribution < -0.4 is 11.1 Å². The summed E-state index contributed by atoms with van der Waals surface area (Å²) in [7, 11) is 0. The number of nitrogens with two attached hydrogens (primary N) is 1. The summed E-state index contributed by atoms with van der Waals surface area (Å²) in [5.74, 6) is -2.77. The zero-order chi connectivity index (χ0) is 22.0. The van der Waals surface area contributed by atoms with Gasteiger partial charge in [0, 0.05) is 31.3 Å². The van der Waals surface area contributed by atoms with Gasteiger partial charge in [0.15, 0.2) is 11.5 Å². The molecule has 1 saturated heterocycles. The van der Waals surface area contributed by atoms with E-state index in [1.54, 1.807) is 0 Å².